The van der Waals surface area contributed by atoms with Crippen molar-refractivity contribution < 1.29 is 14.3 Å². The van der Waals surface area contributed by atoms with Gasteiger partial charge in [-0.15, -0.1) is 0 Å². The molecule has 0 radical (unpaired) electrons. The third-order valence-electron chi connectivity index (χ3n) is 1.71. The van der Waals surface area contributed by atoms with Gasteiger partial charge in [-0.1, -0.05) is 6.07 Å². The maximum Gasteiger partial charge on any atom is 0.339 e. The topological polar surface area (TPSA) is 50.4 Å². The second-order valence-electron chi connectivity index (χ2n) is 2.45. The minimum absolute atomic E-state index is 0.214. The monoisotopic (exact) mass is 162 g/mol. The molecule has 0 unspecified atom stereocenters. The van der Waals surface area contributed by atoms with E-state index in [0.717, 1.165) is 5.56 Å². The molecule has 1 N–H and O–H groups in total. The maximum absolute atomic E-state index is 10.6. The normalized spacial score (nSPS) is 10.3. The average Bonchev–Trinajstić information content (AvgIpc) is 2.47. The molecule has 3 heteroatoms. The molecule has 2 rings (SSSR count). The molecule has 0 aromatic carbocycles. The van der Waals surface area contributed by atoms with Crippen molar-refractivity contribution in [1.29, 1.82) is 0 Å². The van der Waals surface area contributed by atoms with Gasteiger partial charge in [0.1, 0.15) is 11.3 Å². The Labute approximate surface area is 68.6 Å². The van der Waals surface area contributed by atoms with E-state index in [2.05, 4.69) is 0 Å². The Morgan fingerprint density at radius 3 is 2.92 bits per heavy atom. The van der Waals surface area contributed by atoms with Crippen molar-refractivity contribution in [3.63, 3.8) is 0 Å². The van der Waals surface area contributed by atoms with Crippen LogP contribution in [0.5, 0.6) is 0 Å². The lowest BCUT2D eigenvalue weighted by molar-refractivity contribution is 0.0696. The van der Waals surface area contributed by atoms with Gasteiger partial charge in [-0.05, 0) is 18.2 Å². The van der Waals surface area contributed by atoms with E-state index in [-0.39, 0.29) is 5.56 Å². The minimum Gasteiger partial charge on any atom is -0.478 e. The van der Waals surface area contributed by atoms with Crippen molar-refractivity contribution in [1.82, 2.24) is 0 Å². The van der Waals surface area contributed by atoms with E-state index in [1.54, 1.807) is 12.1 Å². The van der Waals surface area contributed by atoms with E-state index in [0.29, 0.717) is 5.76 Å². The zero-order valence-corrected chi connectivity index (χ0v) is 6.15. The largest absolute Gasteiger partial charge is 0.478 e. The molecule has 1 aliphatic carbocycles. The molecule has 3 nitrogen and oxygen atoms in total. The highest BCUT2D eigenvalue weighted by Gasteiger charge is 2.16. The lowest BCUT2D eigenvalue weighted by Crippen LogP contribution is -1.94. The number of hydrogen-bond acceptors (Lipinski definition) is 2. The van der Waals surface area contributed by atoms with Gasteiger partial charge in [0.25, 0.3) is 0 Å². The van der Waals surface area contributed by atoms with Crippen LogP contribution in [-0.4, -0.2) is 11.1 Å². The van der Waals surface area contributed by atoms with Gasteiger partial charge >= 0.3 is 5.97 Å². The van der Waals surface area contributed by atoms with E-state index >= 15 is 0 Å². The Balaban J connectivity index is 2.67. The Hall–Kier alpha value is -1.77. The molecule has 12 heavy (non-hydrogen) atoms. The summed E-state index contributed by atoms with van der Waals surface area (Å²) in [5.74, 6) is -0.523. The molecule has 0 atom stereocenters. The predicted octanol–water partition coefficient (Wildman–Crippen LogP) is 2.08. The van der Waals surface area contributed by atoms with Crippen LogP contribution in [0.4, 0.5) is 0 Å². The molecule has 0 saturated heterocycles. The number of rotatable bonds is 1. The summed E-state index contributed by atoms with van der Waals surface area (Å²) in [6, 6.07) is 6.80. The van der Waals surface area contributed by atoms with Crippen LogP contribution in [0.1, 0.15) is 10.4 Å². The Morgan fingerprint density at radius 2 is 2.17 bits per heavy atom. The fraction of sp³-hybridized carbons (Fsp3) is 0. The maximum atomic E-state index is 10.6. The second kappa shape index (κ2) is 2.37. The van der Waals surface area contributed by atoms with Gasteiger partial charge in [-0.2, -0.15) is 0 Å². The quantitative estimate of drug-likeness (QED) is 0.698. The first-order valence-corrected chi connectivity index (χ1v) is 3.48. The van der Waals surface area contributed by atoms with Crippen LogP contribution in [0.3, 0.4) is 0 Å². The molecule has 0 amide bonds. The summed E-state index contributed by atoms with van der Waals surface area (Å²) in [5.41, 5.74) is 1.03. The molecule has 0 fully saturated rings. The molecule has 60 valence electrons. The van der Waals surface area contributed by atoms with Crippen molar-refractivity contribution in [2.75, 3.05) is 0 Å². The van der Waals surface area contributed by atoms with Gasteiger partial charge < -0.3 is 9.52 Å². The van der Waals surface area contributed by atoms with E-state index in [9.17, 15) is 4.79 Å². The molecule has 1 heterocycles. The highest BCUT2D eigenvalue weighted by atomic mass is 16.4. The smallest absolute Gasteiger partial charge is 0.339 e. The first kappa shape index (κ1) is 6.91. The van der Waals surface area contributed by atoms with Gasteiger partial charge in [0.15, 0.2) is 0 Å². The van der Waals surface area contributed by atoms with Gasteiger partial charge in [0.2, 0.25) is 0 Å². The third-order valence-corrected chi connectivity index (χ3v) is 1.71. The molecule has 0 aromatic rings. The molecular formula is C9H6O3. The summed E-state index contributed by atoms with van der Waals surface area (Å²) < 4.78 is 5.06. The van der Waals surface area contributed by atoms with Gasteiger partial charge in [0, 0.05) is 5.56 Å². The standard InChI is InChI=1S/C9H6O3/c10-9(11)7-4-3-6-2-1-5-12-8(6)7/h1-5H,(H,10,11). The van der Waals surface area contributed by atoms with Gasteiger partial charge in [-0.25, -0.2) is 4.79 Å². The number of carbonyl (C=O) groups is 1. The second-order valence-corrected chi connectivity index (χ2v) is 2.45. The fourth-order valence-corrected chi connectivity index (χ4v) is 1.16. The summed E-state index contributed by atoms with van der Waals surface area (Å²) >= 11 is 0. The third kappa shape index (κ3) is 0.871. The lowest BCUT2D eigenvalue weighted by Gasteiger charge is -1.96. The Morgan fingerprint density at radius 1 is 1.33 bits per heavy atom. The zero-order valence-electron chi connectivity index (χ0n) is 6.15. The van der Waals surface area contributed by atoms with E-state index < -0.39 is 5.97 Å². The number of hydrogen-bond donors (Lipinski definition) is 1. The first-order chi connectivity index (χ1) is 5.79. The van der Waals surface area contributed by atoms with Crippen LogP contribution in [0.25, 0.3) is 11.3 Å². The molecule has 0 spiro atoms. The molecule has 0 saturated carbocycles. The fourth-order valence-electron chi connectivity index (χ4n) is 1.16. The van der Waals surface area contributed by atoms with Crippen LogP contribution >= 0.6 is 0 Å². The molecule has 0 aromatic heterocycles. The highest BCUT2D eigenvalue weighted by Crippen LogP contribution is 2.27. The summed E-state index contributed by atoms with van der Waals surface area (Å²) in [6.07, 6.45) is 1.47. The van der Waals surface area contributed by atoms with Crippen molar-refractivity contribution in [3.05, 3.63) is 36.1 Å². The van der Waals surface area contributed by atoms with Crippen molar-refractivity contribution in [3.8, 4) is 11.3 Å². The number of aromatic carboxylic acids is 1. The molecular weight excluding hydrogens is 156 g/mol. The number of carboxylic acids is 1. The van der Waals surface area contributed by atoms with Crippen LogP contribution in [0.15, 0.2) is 34.9 Å². The Kier molecular flexibility index (Phi) is 1.37. The van der Waals surface area contributed by atoms with E-state index in [4.69, 9.17) is 9.52 Å². The summed E-state index contributed by atoms with van der Waals surface area (Å²) in [4.78, 5) is 10.6. The van der Waals surface area contributed by atoms with Gasteiger partial charge in [0.05, 0.1) is 6.26 Å². The van der Waals surface area contributed by atoms with Crippen molar-refractivity contribution >= 4 is 5.97 Å². The van der Waals surface area contributed by atoms with Crippen molar-refractivity contribution in [2.24, 2.45) is 0 Å². The van der Waals surface area contributed by atoms with Crippen LogP contribution in [-0.2, 0) is 0 Å². The molecule has 2 aliphatic rings. The predicted molar refractivity (Wildman–Crippen MR) is 42.3 cm³/mol. The molecule has 0 bridgehead atoms. The zero-order chi connectivity index (χ0) is 8.55. The first-order valence-electron chi connectivity index (χ1n) is 3.48. The van der Waals surface area contributed by atoms with E-state index in [1.807, 2.05) is 6.07 Å². The number of carboxylic acid groups (broad SMARTS) is 1. The summed E-state index contributed by atoms with van der Waals surface area (Å²) in [5, 5.41) is 8.71. The molecule has 1 aliphatic heterocycles. The average molecular weight is 162 g/mol. The Bertz CT molecular complexity index is 389. The van der Waals surface area contributed by atoms with Gasteiger partial charge in [-0.3, -0.25) is 0 Å². The van der Waals surface area contributed by atoms with Crippen LogP contribution < -0.4 is 0 Å². The van der Waals surface area contributed by atoms with Crippen LogP contribution in [0.2, 0.25) is 0 Å². The number of fused-ring (bicyclic) bond motifs is 1. The van der Waals surface area contributed by atoms with E-state index in [1.165, 1.54) is 12.3 Å². The summed E-state index contributed by atoms with van der Waals surface area (Å²) in [7, 11) is 0. The lowest BCUT2D eigenvalue weighted by atomic mass is 10.2. The highest BCUT2D eigenvalue weighted by molar-refractivity contribution is 5.95. The van der Waals surface area contributed by atoms with Crippen LogP contribution in [0, 0.1) is 0 Å². The minimum atomic E-state index is -0.958. The summed E-state index contributed by atoms with van der Waals surface area (Å²) in [6.45, 7) is 0. The van der Waals surface area contributed by atoms with Crippen molar-refractivity contribution in [2.45, 2.75) is 0 Å². The SMILES string of the molecule is O=C(O)c1ccc2cccoc1-2.